The molecule has 4 N–H and O–H groups in total. The summed E-state index contributed by atoms with van der Waals surface area (Å²) in [4.78, 5) is 95.6. The maximum absolute atomic E-state index is 14.1. The minimum absolute atomic E-state index is 0.0342. The summed E-state index contributed by atoms with van der Waals surface area (Å²) in [5.74, 6) is -4.12. The molecule has 2 aliphatic rings. The summed E-state index contributed by atoms with van der Waals surface area (Å²) in [6.45, 7) is 15.0. The van der Waals surface area contributed by atoms with Gasteiger partial charge in [0.05, 0.1) is 19.2 Å². The molecule has 1 aliphatic carbocycles. The Morgan fingerprint density at radius 1 is 0.980 bits per heavy atom. The van der Waals surface area contributed by atoms with E-state index < -0.39 is 71.6 Å². The van der Waals surface area contributed by atoms with Crippen molar-refractivity contribution < 1.29 is 38.3 Å². The maximum Gasteiger partial charge on any atom is 0.407 e. The lowest BCUT2D eigenvalue weighted by Crippen LogP contribution is -2.60. The first-order valence-electron chi connectivity index (χ1n) is 17.6. The number of nitrogens with zero attached hydrogens (tertiary/aromatic N) is 2. The molecular weight excluding hydrogens is 656 g/mol. The van der Waals surface area contributed by atoms with Crippen LogP contribution in [0, 0.1) is 28.6 Å². The Morgan fingerprint density at radius 2 is 1.61 bits per heavy atom. The van der Waals surface area contributed by atoms with Crippen molar-refractivity contribution >= 4 is 41.4 Å². The van der Waals surface area contributed by atoms with Gasteiger partial charge in [0, 0.05) is 20.6 Å². The second-order valence-corrected chi connectivity index (χ2v) is 15.9. The first-order valence-corrected chi connectivity index (χ1v) is 17.6. The number of carbonyl (C=O) groups excluding carboxylic acids is 7. The van der Waals surface area contributed by atoms with Crippen LogP contribution in [-0.4, -0.2) is 103 Å². The van der Waals surface area contributed by atoms with Crippen LogP contribution in [-0.2, 0) is 33.5 Å². The Labute approximate surface area is 301 Å². The molecule has 1 aromatic carbocycles. The molecule has 0 spiro atoms. The number of likely N-dealkylation sites (N-methyl/N-ethyl adjacent to an activating group) is 1. The molecule has 1 saturated carbocycles. The highest BCUT2D eigenvalue weighted by atomic mass is 16.5. The molecule has 282 valence electrons. The maximum atomic E-state index is 14.1. The van der Waals surface area contributed by atoms with Gasteiger partial charge in [0.1, 0.15) is 18.1 Å². The number of hydrogen-bond donors (Lipinski definition) is 4. The van der Waals surface area contributed by atoms with Crippen molar-refractivity contribution in [3.05, 3.63) is 35.9 Å². The number of fused-ring (bicyclic) bond motifs is 1. The number of ketones is 1. The predicted octanol–water partition coefficient (Wildman–Crippen LogP) is 2.18. The molecule has 14 nitrogen and oxygen atoms in total. The summed E-state index contributed by atoms with van der Waals surface area (Å²) < 4.78 is 5.28. The van der Waals surface area contributed by atoms with E-state index >= 15 is 0 Å². The van der Waals surface area contributed by atoms with Crippen molar-refractivity contribution in [3.8, 4) is 0 Å². The Balaban J connectivity index is 1.72. The van der Waals surface area contributed by atoms with Gasteiger partial charge in [-0.1, -0.05) is 92.1 Å². The van der Waals surface area contributed by atoms with Crippen LogP contribution in [0.2, 0.25) is 0 Å². The third-order valence-corrected chi connectivity index (χ3v) is 9.65. The first-order chi connectivity index (χ1) is 23.7. The van der Waals surface area contributed by atoms with Gasteiger partial charge in [0.15, 0.2) is 0 Å². The second kappa shape index (κ2) is 16.7. The predicted molar refractivity (Wildman–Crippen MR) is 190 cm³/mol. The zero-order chi connectivity index (χ0) is 38.4. The van der Waals surface area contributed by atoms with E-state index in [1.54, 1.807) is 51.4 Å². The smallest absolute Gasteiger partial charge is 0.407 e. The van der Waals surface area contributed by atoms with Crippen LogP contribution in [0.1, 0.15) is 79.8 Å². The molecule has 0 aromatic heterocycles. The quantitative estimate of drug-likeness (QED) is 0.200. The molecule has 6 atom stereocenters. The number of likely N-dealkylation sites (tertiary alicyclic amines) is 1. The Hall–Kier alpha value is -4.49. The Kier molecular flexibility index (Phi) is 13.4. The van der Waals surface area contributed by atoms with Gasteiger partial charge in [-0.15, -0.1) is 0 Å². The number of Topliss-reactive ketones (excluding diaryl/α,β-unsaturated/α-hetero) is 1. The molecule has 1 aromatic rings. The topological polar surface area (TPSA) is 183 Å². The molecule has 1 heterocycles. The van der Waals surface area contributed by atoms with Crippen molar-refractivity contribution in [2.24, 2.45) is 28.6 Å². The van der Waals surface area contributed by atoms with Crippen molar-refractivity contribution in [2.45, 2.75) is 92.4 Å². The highest BCUT2D eigenvalue weighted by molar-refractivity contribution is 6.38. The van der Waals surface area contributed by atoms with Crippen molar-refractivity contribution in [1.82, 2.24) is 31.1 Å². The fraction of sp³-hybridized carbons (Fsp3) is 0.649. The number of ether oxygens (including phenoxy) is 1. The second-order valence-electron chi connectivity index (χ2n) is 15.9. The summed E-state index contributed by atoms with van der Waals surface area (Å²) in [7, 11) is 3.12. The van der Waals surface area contributed by atoms with E-state index in [4.69, 9.17) is 4.74 Å². The van der Waals surface area contributed by atoms with E-state index in [1.165, 1.54) is 9.80 Å². The zero-order valence-electron chi connectivity index (χ0n) is 31.6. The molecule has 1 saturated heterocycles. The monoisotopic (exact) mass is 712 g/mol. The zero-order valence-corrected chi connectivity index (χ0v) is 31.6. The van der Waals surface area contributed by atoms with Crippen molar-refractivity contribution in [3.63, 3.8) is 0 Å². The number of alkyl carbamates (subject to hydrolysis) is 1. The molecular formula is C37H56N6O8. The van der Waals surface area contributed by atoms with Crippen LogP contribution in [0.3, 0.4) is 0 Å². The molecule has 2 fully saturated rings. The van der Waals surface area contributed by atoms with E-state index in [-0.39, 0.29) is 42.1 Å². The summed E-state index contributed by atoms with van der Waals surface area (Å²) in [5, 5.41) is 10.4. The van der Waals surface area contributed by atoms with Gasteiger partial charge >= 0.3 is 6.09 Å². The van der Waals surface area contributed by atoms with Gasteiger partial charge in [-0.2, -0.15) is 0 Å². The highest BCUT2D eigenvalue weighted by Gasteiger charge is 2.70. The number of rotatable bonds is 15. The van der Waals surface area contributed by atoms with E-state index in [0.717, 1.165) is 0 Å². The normalized spacial score (nSPS) is 20.6. The molecule has 14 heteroatoms. The number of benzene rings is 1. The van der Waals surface area contributed by atoms with E-state index in [2.05, 4.69) is 21.3 Å². The average molecular weight is 713 g/mol. The largest absolute Gasteiger partial charge is 0.449 e. The number of hydrogen-bond acceptors (Lipinski definition) is 8. The molecule has 0 bridgehead atoms. The van der Waals surface area contributed by atoms with Gasteiger partial charge in [-0.3, -0.25) is 28.8 Å². The molecule has 3 unspecified atom stereocenters. The number of piperidine rings is 1. The minimum atomic E-state index is -1.21. The van der Waals surface area contributed by atoms with Gasteiger partial charge in [0.25, 0.3) is 5.91 Å². The third-order valence-electron chi connectivity index (χ3n) is 9.65. The molecule has 0 radical (unpaired) electrons. The van der Waals surface area contributed by atoms with E-state index in [0.29, 0.717) is 18.5 Å². The van der Waals surface area contributed by atoms with Gasteiger partial charge in [-0.25, -0.2) is 4.79 Å². The summed E-state index contributed by atoms with van der Waals surface area (Å²) in [6.07, 6.45) is -0.130. The van der Waals surface area contributed by atoms with Crippen LogP contribution >= 0.6 is 0 Å². The van der Waals surface area contributed by atoms with Crippen LogP contribution in [0.25, 0.3) is 0 Å². The SMILES string of the molecule is CCCC(NC(=O)C1[C@H]2[C@@H](CN1C(=O)C(NC(=O)OCC(C)C)C(C)(C)C)C2(C)C)C(=O)C(=O)NCC(=O)N[C@H](C(=O)N(C)C)c1ccccc1. The van der Waals surface area contributed by atoms with Crippen LogP contribution < -0.4 is 21.3 Å². The van der Waals surface area contributed by atoms with Crippen molar-refractivity contribution in [1.29, 1.82) is 0 Å². The lowest BCUT2D eigenvalue weighted by molar-refractivity contribution is -0.145. The third kappa shape index (κ3) is 10.1. The van der Waals surface area contributed by atoms with E-state index in [9.17, 15) is 33.6 Å². The van der Waals surface area contributed by atoms with Crippen molar-refractivity contribution in [2.75, 3.05) is 33.8 Å². The van der Waals surface area contributed by atoms with Gasteiger partial charge < -0.3 is 35.8 Å². The summed E-state index contributed by atoms with van der Waals surface area (Å²) in [5.41, 5.74) is -0.405. The van der Waals surface area contributed by atoms with Crippen LogP contribution in [0.15, 0.2) is 30.3 Å². The van der Waals surface area contributed by atoms with Gasteiger partial charge in [-0.05, 0) is 40.6 Å². The Bertz CT molecular complexity index is 1470. The molecule has 1 aliphatic heterocycles. The summed E-state index contributed by atoms with van der Waals surface area (Å²) in [6, 6.07) is 4.49. The van der Waals surface area contributed by atoms with Crippen LogP contribution in [0.4, 0.5) is 4.79 Å². The standard InChI is InChI=1S/C37H56N6O8/c1-11-15-24(29(45)32(47)38-18-25(44)40-27(33(48)42(9)10)22-16-13-12-14-17-22)39-31(46)28-26-23(37(26,7)8)19-43(28)34(49)30(36(4,5)6)41-35(50)51-20-21(2)3/h12-14,16-17,21,23-24,26-28,30H,11,15,18-20H2,1-10H3,(H,38,47)(H,39,46)(H,40,44)(H,41,50)/t23-,24?,26-,27+,28?,30?/m1/s1. The Morgan fingerprint density at radius 3 is 2.16 bits per heavy atom. The van der Waals surface area contributed by atoms with E-state index in [1.807, 2.05) is 48.5 Å². The van der Waals surface area contributed by atoms with Crippen LogP contribution in [0.5, 0.6) is 0 Å². The lowest BCUT2D eigenvalue weighted by atomic mass is 9.85. The molecule has 51 heavy (non-hydrogen) atoms. The summed E-state index contributed by atoms with van der Waals surface area (Å²) >= 11 is 0. The molecule has 3 rings (SSSR count). The molecule has 6 amide bonds. The fourth-order valence-corrected chi connectivity index (χ4v) is 6.65. The highest BCUT2D eigenvalue weighted by Crippen LogP contribution is 2.65. The van der Waals surface area contributed by atoms with Gasteiger partial charge in [0.2, 0.25) is 29.4 Å². The number of amides is 6. The number of nitrogens with one attached hydrogen (secondary N) is 4. The first kappa shape index (κ1) is 40.9. The lowest BCUT2D eigenvalue weighted by Gasteiger charge is -2.37. The average Bonchev–Trinajstić information content (AvgIpc) is 3.37. The number of carbonyl (C=O) groups is 7. The fourth-order valence-electron chi connectivity index (χ4n) is 6.65. The minimum Gasteiger partial charge on any atom is -0.449 e.